The highest BCUT2D eigenvalue weighted by Gasteiger charge is 2.25. The summed E-state index contributed by atoms with van der Waals surface area (Å²) in [5.74, 6) is 0.213. The van der Waals surface area contributed by atoms with Crippen LogP contribution in [-0.2, 0) is 9.53 Å². The van der Waals surface area contributed by atoms with Gasteiger partial charge >= 0.3 is 0 Å². The first-order valence-electron chi connectivity index (χ1n) is 4.77. The summed E-state index contributed by atoms with van der Waals surface area (Å²) in [6.45, 7) is 4.13. The zero-order valence-electron chi connectivity index (χ0n) is 8.38. The van der Waals surface area contributed by atoms with Crippen molar-refractivity contribution in [3.8, 4) is 0 Å². The van der Waals surface area contributed by atoms with E-state index in [-0.39, 0.29) is 12.1 Å². The molecule has 0 bridgehead atoms. The standard InChI is InChI=1S/C9H18N2O2/c1-8-10-7-9(12)11(8)5-3-4-6-13-2/h8,10H,3-7H2,1-2H3. The molecule has 1 rings (SSSR count). The average Bonchev–Trinajstić information content (AvgIpc) is 2.42. The lowest BCUT2D eigenvalue weighted by Gasteiger charge is -2.20. The predicted molar refractivity (Wildman–Crippen MR) is 50.3 cm³/mol. The molecule has 76 valence electrons. The molecule has 1 heterocycles. The van der Waals surface area contributed by atoms with Gasteiger partial charge in [-0.3, -0.25) is 10.1 Å². The van der Waals surface area contributed by atoms with E-state index in [2.05, 4.69) is 5.32 Å². The van der Waals surface area contributed by atoms with Crippen molar-refractivity contribution in [3.63, 3.8) is 0 Å². The Morgan fingerprint density at radius 1 is 1.62 bits per heavy atom. The summed E-state index contributed by atoms with van der Waals surface area (Å²) in [6.07, 6.45) is 2.24. The van der Waals surface area contributed by atoms with Crippen molar-refractivity contribution in [2.45, 2.75) is 25.9 Å². The molecule has 0 aromatic heterocycles. The third kappa shape index (κ3) is 2.97. The first-order valence-corrected chi connectivity index (χ1v) is 4.77. The molecule has 0 saturated carbocycles. The molecule has 1 saturated heterocycles. The van der Waals surface area contributed by atoms with E-state index in [4.69, 9.17) is 4.74 Å². The van der Waals surface area contributed by atoms with Gasteiger partial charge < -0.3 is 9.64 Å². The van der Waals surface area contributed by atoms with E-state index in [0.717, 1.165) is 26.0 Å². The molecular weight excluding hydrogens is 168 g/mol. The van der Waals surface area contributed by atoms with Gasteiger partial charge in [0, 0.05) is 20.3 Å². The molecule has 0 aliphatic carbocycles. The Kier molecular flexibility index (Phi) is 4.18. The van der Waals surface area contributed by atoms with Crippen LogP contribution in [0.25, 0.3) is 0 Å². The highest BCUT2D eigenvalue weighted by molar-refractivity contribution is 5.80. The number of hydrogen-bond acceptors (Lipinski definition) is 3. The lowest BCUT2D eigenvalue weighted by molar-refractivity contribution is -0.127. The van der Waals surface area contributed by atoms with Crippen LogP contribution in [0.5, 0.6) is 0 Å². The van der Waals surface area contributed by atoms with Crippen LogP contribution in [0, 0.1) is 0 Å². The minimum absolute atomic E-state index is 0.204. The highest BCUT2D eigenvalue weighted by Crippen LogP contribution is 2.05. The van der Waals surface area contributed by atoms with E-state index in [1.165, 1.54) is 0 Å². The van der Waals surface area contributed by atoms with Gasteiger partial charge in [0.2, 0.25) is 5.91 Å². The Hall–Kier alpha value is -0.610. The zero-order valence-corrected chi connectivity index (χ0v) is 8.38. The molecule has 1 atom stereocenters. The normalized spacial score (nSPS) is 22.8. The fourth-order valence-corrected chi connectivity index (χ4v) is 1.51. The minimum Gasteiger partial charge on any atom is -0.385 e. The second-order valence-corrected chi connectivity index (χ2v) is 3.34. The van der Waals surface area contributed by atoms with E-state index < -0.39 is 0 Å². The number of carbonyl (C=O) groups is 1. The molecule has 1 fully saturated rings. The molecule has 1 aliphatic heterocycles. The lowest BCUT2D eigenvalue weighted by atomic mass is 10.3. The summed E-state index contributed by atoms with van der Waals surface area (Å²) in [5.41, 5.74) is 0. The smallest absolute Gasteiger partial charge is 0.237 e. The third-order valence-electron chi connectivity index (χ3n) is 2.33. The Labute approximate surface area is 79.2 Å². The SMILES string of the molecule is COCCCCN1C(=O)CNC1C. The molecule has 1 aliphatic rings. The Balaban J connectivity index is 2.16. The van der Waals surface area contributed by atoms with Gasteiger partial charge in [0.15, 0.2) is 0 Å². The number of nitrogens with one attached hydrogen (secondary N) is 1. The third-order valence-corrected chi connectivity index (χ3v) is 2.33. The largest absolute Gasteiger partial charge is 0.385 e. The number of methoxy groups -OCH3 is 1. The number of rotatable bonds is 5. The number of hydrogen-bond donors (Lipinski definition) is 1. The molecule has 1 unspecified atom stereocenters. The Morgan fingerprint density at radius 3 is 2.92 bits per heavy atom. The molecule has 0 aromatic rings. The van der Waals surface area contributed by atoms with Crippen molar-refractivity contribution in [2.24, 2.45) is 0 Å². The average molecular weight is 186 g/mol. The predicted octanol–water partition coefficient (Wildman–Crippen LogP) is 0.191. The molecule has 1 N–H and O–H groups in total. The zero-order chi connectivity index (χ0) is 9.68. The number of ether oxygens (including phenoxy) is 1. The second kappa shape index (κ2) is 5.19. The van der Waals surface area contributed by atoms with E-state index in [1.54, 1.807) is 7.11 Å². The van der Waals surface area contributed by atoms with Crippen molar-refractivity contribution >= 4 is 5.91 Å². The maximum Gasteiger partial charge on any atom is 0.237 e. The minimum atomic E-state index is 0.204. The quantitative estimate of drug-likeness (QED) is 0.623. The number of unbranched alkanes of at least 4 members (excludes halogenated alkanes) is 1. The van der Waals surface area contributed by atoms with E-state index >= 15 is 0 Å². The van der Waals surface area contributed by atoms with Crippen LogP contribution >= 0.6 is 0 Å². The maximum atomic E-state index is 11.3. The van der Waals surface area contributed by atoms with Crippen molar-refractivity contribution in [1.29, 1.82) is 0 Å². The lowest BCUT2D eigenvalue weighted by Crippen LogP contribution is -2.35. The highest BCUT2D eigenvalue weighted by atomic mass is 16.5. The van der Waals surface area contributed by atoms with Gasteiger partial charge in [-0.2, -0.15) is 0 Å². The monoisotopic (exact) mass is 186 g/mol. The molecule has 0 spiro atoms. The summed E-state index contributed by atoms with van der Waals surface area (Å²) in [4.78, 5) is 13.2. The first-order chi connectivity index (χ1) is 6.25. The summed E-state index contributed by atoms with van der Waals surface area (Å²) < 4.78 is 4.94. The van der Waals surface area contributed by atoms with Crippen molar-refractivity contribution in [1.82, 2.24) is 10.2 Å². The number of nitrogens with zero attached hydrogens (tertiary/aromatic N) is 1. The van der Waals surface area contributed by atoms with Crippen LogP contribution < -0.4 is 5.32 Å². The summed E-state index contributed by atoms with van der Waals surface area (Å²) >= 11 is 0. The molecule has 0 aromatic carbocycles. The van der Waals surface area contributed by atoms with Crippen molar-refractivity contribution < 1.29 is 9.53 Å². The van der Waals surface area contributed by atoms with Crippen LogP contribution in [-0.4, -0.2) is 43.8 Å². The first kappa shape index (κ1) is 10.5. The molecule has 1 amide bonds. The van der Waals surface area contributed by atoms with Crippen LogP contribution in [0.3, 0.4) is 0 Å². The van der Waals surface area contributed by atoms with Gasteiger partial charge in [-0.25, -0.2) is 0 Å². The van der Waals surface area contributed by atoms with Crippen LogP contribution in [0.1, 0.15) is 19.8 Å². The van der Waals surface area contributed by atoms with Gasteiger partial charge in [-0.1, -0.05) is 0 Å². The van der Waals surface area contributed by atoms with Gasteiger partial charge in [-0.15, -0.1) is 0 Å². The molecule has 13 heavy (non-hydrogen) atoms. The topological polar surface area (TPSA) is 41.6 Å². The van der Waals surface area contributed by atoms with Gasteiger partial charge in [0.25, 0.3) is 0 Å². The fraction of sp³-hybridized carbons (Fsp3) is 0.889. The molecule has 0 radical (unpaired) electrons. The van der Waals surface area contributed by atoms with Gasteiger partial charge in [0.05, 0.1) is 12.7 Å². The summed E-state index contributed by atoms with van der Waals surface area (Å²) in [7, 11) is 1.70. The second-order valence-electron chi connectivity index (χ2n) is 3.34. The van der Waals surface area contributed by atoms with E-state index in [9.17, 15) is 4.79 Å². The van der Waals surface area contributed by atoms with Crippen LogP contribution in [0.2, 0.25) is 0 Å². The number of carbonyl (C=O) groups excluding carboxylic acids is 1. The Bertz CT molecular complexity index is 173. The van der Waals surface area contributed by atoms with Crippen molar-refractivity contribution in [3.05, 3.63) is 0 Å². The number of amides is 1. The van der Waals surface area contributed by atoms with Crippen LogP contribution in [0.4, 0.5) is 0 Å². The van der Waals surface area contributed by atoms with E-state index in [0.29, 0.717) is 6.54 Å². The summed E-state index contributed by atoms with van der Waals surface area (Å²) in [5, 5.41) is 3.11. The fourth-order valence-electron chi connectivity index (χ4n) is 1.51. The van der Waals surface area contributed by atoms with Crippen molar-refractivity contribution in [2.75, 3.05) is 26.8 Å². The summed E-state index contributed by atoms with van der Waals surface area (Å²) in [6, 6.07) is 0. The van der Waals surface area contributed by atoms with Crippen LogP contribution in [0.15, 0.2) is 0 Å². The molecular formula is C9H18N2O2. The van der Waals surface area contributed by atoms with Gasteiger partial charge in [-0.05, 0) is 19.8 Å². The molecule has 4 heteroatoms. The maximum absolute atomic E-state index is 11.3. The van der Waals surface area contributed by atoms with E-state index in [1.807, 2.05) is 11.8 Å². The Morgan fingerprint density at radius 2 is 2.38 bits per heavy atom. The molecule has 4 nitrogen and oxygen atoms in total. The van der Waals surface area contributed by atoms with Gasteiger partial charge in [0.1, 0.15) is 0 Å².